The molecule has 10 N–H and O–H groups in total. The minimum absolute atomic E-state index is 0.0173. The number of carbonyl (C=O) groups excluding carboxylic acids is 5. The lowest BCUT2D eigenvalue weighted by molar-refractivity contribution is -0.247. The maximum absolute atomic E-state index is 15.1. The van der Waals surface area contributed by atoms with Gasteiger partial charge in [0.25, 0.3) is 5.56 Å². The van der Waals surface area contributed by atoms with E-state index in [2.05, 4.69) is 5.32 Å². The van der Waals surface area contributed by atoms with Gasteiger partial charge in [0.1, 0.15) is 64.2 Å². The maximum Gasteiger partial charge on any atom is 0.323 e. The van der Waals surface area contributed by atoms with E-state index in [-0.39, 0.29) is 53.0 Å². The Balaban J connectivity index is 0.000000224. The number of nitrogen functional groups attached to an aromatic ring is 1. The van der Waals surface area contributed by atoms with Crippen molar-refractivity contribution in [1.29, 1.82) is 0 Å². The first-order valence-electron chi connectivity index (χ1n) is 24.1. The van der Waals surface area contributed by atoms with Gasteiger partial charge in [0.05, 0.1) is 53.2 Å². The number of phenolic OH excluding ortho intramolecular Hbond substituents is 2. The third-order valence-corrected chi connectivity index (χ3v) is 13.3. The number of carbonyl (C=O) groups is 5. The van der Waals surface area contributed by atoms with Crippen LogP contribution in [-0.4, -0.2) is 121 Å². The van der Waals surface area contributed by atoms with Crippen molar-refractivity contribution in [1.82, 2.24) is 9.88 Å². The predicted molar refractivity (Wildman–Crippen MR) is 265 cm³/mol. The van der Waals surface area contributed by atoms with Gasteiger partial charge in [0.2, 0.25) is 5.78 Å². The van der Waals surface area contributed by atoms with E-state index in [4.69, 9.17) is 30.4 Å². The Hall–Kier alpha value is -7.38. The SMILES string of the molecule is COc1cccc2c1C(=O)c1c(O)c3c(c(O)c1C2=O)C[C@@](O)(C(=O)CO)C[C@@H]3O[C@H]1C[C@H](N)[C@H](O)[C@H](C)O1.C[C@H](NCCc1cc(F)c(-n2c(N)c(C(=O)c3ccc(F)cc3F)ccc2=O)c(F)c1)C(=O)OC(C)(C)C. The van der Waals surface area contributed by atoms with E-state index in [0.717, 1.165) is 36.4 Å². The largest absolute Gasteiger partial charge is 0.507 e. The van der Waals surface area contributed by atoms with Gasteiger partial charge >= 0.3 is 5.97 Å². The number of aromatic hydroxyl groups is 2. The first-order valence-corrected chi connectivity index (χ1v) is 24.1. The number of pyridine rings is 1. The number of ether oxygens (including phenoxy) is 4. The third-order valence-electron chi connectivity index (χ3n) is 13.3. The molecule has 2 aliphatic carbocycles. The van der Waals surface area contributed by atoms with Crippen LogP contribution < -0.4 is 27.1 Å². The zero-order valence-electron chi connectivity index (χ0n) is 42.4. The molecule has 1 fully saturated rings. The summed E-state index contributed by atoms with van der Waals surface area (Å²) in [5.41, 5.74) is 5.20. The molecule has 4 aromatic carbocycles. The van der Waals surface area contributed by atoms with Crippen LogP contribution in [0.1, 0.15) is 118 Å². The van der Waals surface area contributed by atoms with E-state index < -0.39 is 171 Å². The number of halogens is 4. The summed E-state index contributed by atoms with van der Waals surface area (Å²) in [6.45, 7) is 7.54. The van der Waals surface area contributed by atoms with Crippen LogP contribution in [0.3, 0.4) is 0 Å². The van der Waals surface area contributed by atoms with Gasteiger partial charge in [-0.2, -0.15) is 0 Å². The van der Waals surface area contributed by atoms with Crippen molar-refractivity contribution in [3.8, 4) is 22.9 Å². The molecular formula is C54H56F4N4O15. The van der Waals surface area contributed by atoms with Crippen LogP contribution in [0.2, 0.25) is 0 Å². The number of Topliss-reactive ketones (excluding diaryl/α,β-unsaturated/α-hetero) is 1. The van der Waals surface area contributed by atoms with Crippen LogP contribution in [0.15, 0.2) is 65.5 Å². The number of aliphatic hydroxyl groups is 3. The van der Waals surface area contributed by atoms with Gasteiger partial charge in [-0.05, 0) is 89.5 Å². The van der Waals surface area contributed by atoms with Gasteiger partial charge in [-0.1, -0.05) is 12.1 Å². The number of fused-ring (bicyclic) bond motifs is 3. The number of aromatic nitrogens is 1. The van der Waals surface area contributed by atoms with Crippen LogP contribution in [0.4, 0.5) is 23.4 Å². The number of methoxy groups -OCH3 is 1. The minimum Gasteiger partial charge on any atom is -0.507 e. The average molecular weight is 1080 g/mol. The molecule has 5 aromatic rings. The van der Waals surface area contributed by atoms with Gasteiger partial charge in [0.15, 0.2) is 35.3 Å². The molecule has 2 heterocycles. The molecule has 0 radical (unpaired) electrons. The highest BCUT2D eigenvalue weighted by Gasteiger charge is 2.50. The Kier molecular flexibility index (Phi) is 16.6. The van der Waals surface area contributed by atoms with Crippen molar-refractivity contribution in [2.24, 2.45) is 5.73 Å². The summed E-state index contributed by atoms with van der Waals surface area (Å²) < 4.78 is 80.3. The number of benzene rings is 4. The number of hydrogen-bond donors (Lipinski definition) is 8. The lowest BCUT2D eigenvalue weighted by Gasteiger charge is -2.42. The summed E-state index contributed by atoms with van der Waals surface area (Å²) in [6, 6.07) is 9.10. The highest BCUT2D eigenvalue weighted by molar-refractivity contribution is 6.31. The summed E-state index contributed by atoms with van der Waals surface area (Å²) in [6.07, 6.45) is -4.99. The van der Waals surface area contributed by atoms with E-state index >= 15 is 8.78 Å². The monoisotopic (exact) mass is 1080 g/mol. The summed E-state index contributed by atoms with van der Waals surface area (Å²) >= 11 is 0. The van der Waals surface area contributed by atoms with Crippen LogP contribution >= 0.6 is 0 Å². The Labute approximate surface area is 436 Å². The lowest BCUT2D eigenvalue weighted by Crippen LogP contribution is -2.53. The molecule has 410 valence electrons. The molecule has 0 spiro atoms. The molecule has 23 heteroatoms. The highest BCUT2D eigenvalue weighted by atomic mass is 19.1. The Morgan fingerprint density at radius 3 is 2.18 bits per heavy atom. The molecule has 1 aromatic heterocycles. The van der Waals surface area contributed by atoms with Crippen LogP contribution in [0.25, 0.3) is 5.69 Å². The minimum atomic E-state index is -2.24. The molecule has 0 unspecified atom stereocenters. The normalized spacial score (nSPS) is 21.2. The molecule has 7 atom stereocenters. The van der Waals surface area contributed by atoms with Crippen LogP contribution in [-0.2, 0) is 36.6 Å². The van der Waals surface area contributed by atoms with Gasteiger partial charge in [-0.25, -0.2) is 17.6 Å². The molecular weight excluding hydrogens is 1020 g/mol. The molecule has 1 aliphatic heterocycles. The van der Waals surface area contributed by atoms with E-state index in [1.807, 2.05) is 0 Å². The number of hydrogen-bond acceptors (Lipinski definition) is 18. The first-order chi connectivity index (χ1) is 36.1. The van der Waals surface area contributed by atoms with Crippen molar-refractivity contribution < 1.29 is 86.0 Å². The number of aliphatic hydroxyl groups excluding tert-OH is 2. The van der Waals surface area contributed by atoms with Gasteiger partial charge in [-0.15, -0.1) is 0 Å². The molecule has 77 heavy (non-hydrogen) atoms. The number of nitrogens with one attached hydrogen (secondary N) is 1. The Morgan fingerprint density at radius 2 is 1.57 bits per heavy atom. The standard InChI is InChI=1S/C27H27F4N3O4.C27H29NO11/c1-14(26(37)38-27(2,3)4)33-10-9-15-11-20(30)23(21(31)12-15)34-22(35)8-7-18(25(34)32)24(36)17-6-5-16(28)13-19(17)29;1-10-22(31)13(28)6-17(38-10)39-15-8-27(36,16(30)9-29)7-12-19(15)26(35)21-20(24(12)33)23(32)11-4-3-5-14(37-2)18(11)25(21)34/h5-8,11-14,33H,9-10,32H2,1-4H3;3-5,10,13,15,17,22,29,31,33,35-36H,6-9,28H2,1-2H3/t14-;10-,13-,15-,17-,22+,27-/m00/s1. The van der Waals surface area contributed by atoms with Crippen LogP contribution in [0, 0.1) is 23.3 Å². The average Bonchev–Trinajstić information content (AvgIpc) is 3.48. The number of ketones is 4. The molecule has 0 bridgehead atoms. The van der Waals surface area contributed by atoms with E-state index in [1.54, 1.807) is 34.6 Å². The van der Waals surface area contributed by atoms with Crippen molar-refractivity contribution >= 4 is 34.9 Å². The van der Waals surface area contributed by atoms with Crippen LogP contribution in [0.5, 0.6) is 17.2 Å². The number of nitrogens with two attached hydrogens (primary N) is 2. The zero-order valence-corrected chi connectivity index (χ0v) is 42.4. The van der Waals surface area contributed by atoms with Crippen molar-refractivity contribution in [3.63, 3.8) is 0 Å². The van der Waals surface area contributed by atoms with E-state index in [0.29, 0.717) is 10.6 Å². The fourth-order valence-corrected chi connectivity index (χ4v) is 9.43. The second kappa shape index (κ2) is 22.3. The van der Waals surface area contributed by atoms with Crippen molar-refractivity contribution in [3.05, 3.63) is 144 Å². The molecule has 0 amide bonds. The second-order valence-electron chi connectivity index (χ2n) is 19.8. The molecule has 0 saturated carbocycles. The van der Waals surface area contributed by atoms with Crippen molar-refractivity contribution in [2.45, 2.75) is 108 Å². The molecule has 3 aliphatic rings. The summed E-state index contributed by atoms with van der Waals surface area (Å²) in [7, 11) is 1.32. The number of nitrogens with zero attached hydrogens (tertiary/aromatic N) is 1. The summed E-state index contributed by atoms with van der Waals surface area (Å²) in [5, 5.41) is 56.6. The number of anilines is 1. The Morgan fingerprint density at radius 1 is 0.922 bits per heavy atom. The summed E-state index contributed by atoms with van der Waals surface area (Å²) in [4.78, 5) is 77.2. The molecule has 19 nitrogen and oxygen atoms in total. The fraction of sp³-hybridized carbons (Fsp3) is 0.370. The fourth-order valence-electron chi connectivity index (χ4n) is 9.43. The van der Waals surface area contributed by atoms with E-state index in [9.17, 15) is 63.1 Å². The third kappa shape index (κ3) is 11.4. The van der Waals surface area contributed by atoms with Gasteiger partial charge < -0.3 is 61.3 Å². The van der Waals surface area contributed by atoms with Gasteiger partial charge in [-0.3, -0.25) is 33.3 Å². The number of rotatable bonds is 13. The van der Waals surface area contributed by atoms with Crippen molar-refractivity contribution in [2.75, 3.05) is 26.0 Å². The quantitative estimate of drug-likeness (QED) is 0.0350. The zero-order chi connectivity index (χ0) is 56.7. The Bertz CT molecular complexity index is 3240. The number of esters is 1. The molecule has 8 rings (SSSR count). The van der Waals surface area contributed by atoms with Gasteiger partial charge in [0, 0.05) is 54.1 Å². The maximum atomic E-state index is 15.1. The van der Waals surface area contributed by atoms with E-state index in [1.165, 1.54) is 25.3 Å². The summed E-state index contributed by atoms with van der Waals surface area (Å²) in [5.74, 6) is -10.2. The smallest absolute Gasteiger partial charge is 0.323 e. The highest BCUT2D eigenvalue weighted by Crippen LogP contribution is 2.52. The predicted octanol–water partition coefficient (Wildman–Crippen LogP) is 4.07. The molecule has 1 saturated heterocycles. The topological polar surface area (TPSA) is 309 Å². The second-order valence-corrected chi connectivity index (χ2v) is 19.8. The number of phenols is 2. The first kappa shape index (κ1) is 57.3. The lowest BCUT2D eigenvalue weighted by atomic mass is 9.72.